The Morgan fingerprint density at radius 2 is 1.64 bits per heavy atom. The number of hydrogen-bond donors (Lipinski definition) is 1. The molecule has 2 N–H and O–H groups in total. The Labute approximate surface area is 153 Å². The largest absolute Gasteiger partial charge is 0.399 e. The van der Waals surface area contributed by atoms with Crippen molar-refractivity contribution in [3.8, 4) is 11.1 Å². The standard InChI is InChI=1S/C22H27N.C2H6/c1-14-3-9-21-17(13-14)6-10-20-15(2)19(11-12-22(20)21)16-4-7-18(23)8-5-16;1-2/h4-5,7-8,11-12,14,17,21H,3,6,9-10,13,23H2,1-2H3;1-2H3. The summed E-state index contributed by atoms with van der Waals surface area (Å²) in [6.45, 7) is 8.75. The van der Waals surface area contributed by atoms with Crippen molar-refractivity contribution in [2.75, 3.05) is 5.73 Å². The summed E-state index contributed by atoms with van der Waals surface area (Å²) >= 11 is 0. The van der Waals surface area contributed by atoms with Crippen molar-refractivity contribution in [1.29, 1.82) is 0 Å². The van der Waals surface area contributed by atoms with Gasteiger partial charge in [-0.3, -0.25) is 0 Å². The van der Waals surface area contributed by atoms with Crippen LogP contribution >= 0.6 is 0 Å². The third-order valence-electron chi connectivity index (χ3n) is 6.27. The zero-order chi connectivity index (χ0) is 18.0. The van der Waals surface area contributed by atoms with Crippen LogP contribution < -0.4 is 5.73 Å². The monoisotopic (exact) mass is 335 g/mol. The van der Waals surface area contributed by atoms with Crippen molar-refractivity contribution in [3.63, 3.8) is 0 Å². The minimum Gasteiger partial charge on any atom is -0.399 e. The fourth-order valence-corrected chi connectivity index (χ4v) is 4.99. The van der Waals surface area contributed by atoms with E-state index in [2.05, 4.69) is 38.1 Å². The van der Waals surface area contributed by atoms with E-state index in [0.29, 0.717) is 0 Å². The summed E-state index contributed by atoms with van der Waals surface area (Å²) in [5.74, 6) is 2.66. The summed E-state index contributed by atoms with van der Waals surface area (Å²) in [6.07, 6.45) is 6.87. The van der Waals surface area contributed by atoms with Crippen molar-refractivity contribution in [2.24, 2.45) is 11.8 Å². The van der Waals surface area contributed by atoms with Crippen LogP contribution in [0.3, 0.4) is 0 Å². The van der Waals surface area contributed by atoms with Gasteiger partial charge < -0.3 is 5.73 Å². The SMILES string of the molecule is CC.Cc1c(-c2ccc(N)cc2)ccc2c1CCC1CC(C)CCC21. The quantitative estimate of drug-likeness (QED) is 0.574. The average Bonchev–Trinajstić information content (AvgIpc) is 2.64. The molecule has 2 aromatic rings. The first kappa shape index (κ1) is 18.0. The molecule has 3 unspecified atom stereocenters. The molecule has 134 valence electrons. The Bertz CT molecular complexity index is 714. The summed E-state index contributed by atoms with van der Waals surface area (Å²) in [5, 5.41) is 0. The number of rotatable bonds is 1. The molecule has 0 spiro atoms. The second kappa shape index (κ2) is 7.64. The predicted molar refractivity (Wildman–Crippen MR) is 110 cm³/mol. The van der Waals surface area contributed by atoms with Crippen LogP contribution in [0.25, 0.3) is 11.1 Å². The van der Waals surface area contributed by atoms with Crippen LogP contribution in [0.4, 0.5) is 5.69 Å². The van der Waals surface area contributed by atoms with Gasteiger partial charge in [-0.1, -0.05) is 51.5 Å². The lowest BCUT2D eigenvalue weighted by molar-refractivity contribution is 0.221. The second-order valence-electron chi connectivity index (χ2n) is 7.75. The maximum atomic E-state index is 5.84. The molecule has 1 fully saturated rings. The van der Waals surface area contributed by atoms with E-state index in [1.165, 1.54) is 48.8 Å². The topological polar surface area (TPSA) is 26.0 Å². The molecule has 0 aliphatic heterocycles. The van der Waals surface area contributed by atoms with Gasteiger partial charge in [0.25, 0.3) is 0 Å². The van der Waals surface area contributed by atoms with Crippen LogP contribution in [0.5, 0.6) is 0 Å². The summed E-state index contributed by atoms with van der Waals surface area (Å²) in [6, 6.07) is 13.1. The summed E-state index contributed by atoms with van der Waals surface area (Å²) in [7, 11) is 0. The fraction of sp³-hybridized carbons (Fsp3) is 0.500. The number of anilines is 1. The zero-order valence-corrected chi connectivity index (χ0v) is 16.3. The third-order valence-corrected chi connectivity index (χ3v) is 6.27. The normalized spacial score (nSPS) is 24.6. The first-order valence-electron chi connectivity index (χ1n) is 10.1. The van der Waals surface area contributed by atoms with E-state index in [4.69, 9.17) is 5.73 Å². The zero-order valence-electron chi connectivity index (χ0n) is 16.3. The first-order valence-corrected chi connectivity index (χ1v) is 10.1. The van der Waals surface area contributed by atoms with Gasteiger partial charge in [0.2, 0.25) is 0 Å². The number of hydrogen-bond acceptors (Lipinski definition) is 1. The van der Waals surface area contributed by atoms with Gasteiger partial charge in [-0.25, -0.2) is 0 Å². The molecule has 2 aliphatic rings. The van der Waals surface area contributed by atoms with Crippen molar-refractivity contribution in [3.05, 3.63) is 53.1 Å². The van der Waals surface area contributed by atoms with Gasteiger partial charge in [-0.05, 0) is 90.3 Å². The molecule has 0 aromatic heterocycles. The van der Waals surface area contributed by atoms with E-state index in [-0.39, 0.29) is 0 Å². The Balaban J connectivity index is 0.000000880. The fourth-order valence-electron chi connectivity index (χ4n) is 4.99. The van der Waals surface area contributed by atoms with E-state index in [1.807, 2.05) is 26.0 Å². The van der Waals surface area contributed by atoms with Gasteiger partial charge >= 0.3 is 0 Å². The lowest BCUT2D eigenvalue weighted by Gasteiger charge is -2.40. The highest BCUT2D eigenvalue weighted by Crippen LogP contribution is 2.48. The molecule has 1 nitrogen and oxygen atoms in total. The minimum absolute atomic E-state index is 0.814. The first-order chi connectivity index (χ1) is 12.1. The van der Waals surface area contributed by atoms with E-state index in [9.17, 15) is 0 Å². The molecule has 25 heavy (non-hydrogen) atoms. The van der Waals surface area contributed by atoms with Crippen molar-refractivity contribution < 1.29 is 0 Å². The van der Waals surface area contributed by atoms with Gasteiger partial charge in [0.05, 0.1) is 0 Å². The average molecular weight is 336 g/mol. The van der Waals surface area contributed by atoms with Gasteiger partial charge in [0, 0.05) is 5.69 Å². The minimum atomic E-state index is 0.814. The van der Waals surface area contributed by atoms with Crippen molar-refractivity contribution in [2.45, 2.75) is 65.7 Å². The van der Waals surface area contributed by atoms with Crippen molar-refractivity contribution in [1.82, 2.24) is 0 Å². The molecule has 2 aliphatic carbocycles. The number of fused-ring (bicyclic) bond motifs is 3. The summed E-state index contributed by atoms with van der Waals surface area (Å²) in [4.78, 5) is 0. The molecular formula is C24H33N. The van der Waals surface area contributed by atoms with Crippen LogP contribution in [0, 0.1) is 18.8 Å². The smallest absolute Gasteiger partial charge is 0.0314 e. The van der Waals surface area contributed by atoms with Crippen LogP contribution in [0.2, 0.25) is 0 Å². The highest BCUT2D eigenvalue weighted by molar-refractivity contribution is 5.71. The van der Waals surface area contributed by atoms with Gasteiger partial charge in [0.1, 0.15) is 0 Å². The highest BCUT2D eigenvalue weighted by Gasteiger charge is 2.34. The van der Waals surface area contributed by atoms with E-state index >= 15 is 0 Å². The highest BCUT2D eigenvalue weighted by atomic mass is 14.5. The maximum absolute atomic E-state index is 5.84. The van der Waals surface area contributed by atoms with Crippen LogP contribution in [-0.4, -0.2) is 0 Å². The van der Waals surface area contributed by atoms with Crippen LogP contribution in [0.1, 0.15) is 69.1 Å². The van der Waals surface area contributed by atoms with Crippen LogP contribution in [0.15, 0.2) is 36.4 Å². The van der Waals surface area contributed by atoms with Crippen molar-refractivity contribution >= 4 is 5.69 Å². The molecule has 0 amide bonds. The number of nitrogen functional groups attached to an aromatic ring is 1. The maximum Gasteiger partial charge on any atom is 0.0314 e. The Kier molecular flexibility index (Phi) is 5.51. The molecule has 1 saturated carbocycles. The molecule has 4 rings (SSSR count). The van der Waals surface area contributed by atoms with E-state index < -0.39 is 0 Å². The number of benzene rings is 2. The third kappa shape index (κ3) is 3.47. The van der Waals surface area contributed by atoms with E-state index in [0.717, 1.165) is 23.4 Å². The molecular weight excluding hydrogens is 302 g/mol. The summed E-state index contributed by atoms with van der Waals surface area (Å²) in [5.41, 5.74) is 14.1. The Hall–Kier alpha value is -1.76. The summed E-state index contributed by atoms with van der Waals surface area (Å²) < 4.78 is 0. The Morgan fingerprint density at radius 1 is 0.920 bits per heavy atom. The second-order valence-corrected chi connectivity index (χ2v) is 7.75. The number of nitrogens with two attached hydrogens (primary N) is 1. The molecule has 0 radical (unpaired) electrons. The molecule has 0 heterocycles. The Morgan fingerprint density at radius 3 is 2.36 bits per heavy atom. The predicted octanol–water partition coefficient (Wildman–Crippen LogP) is 6.74. The lowest BCUT2D eigenvalue weighted by Crippen LogP contribution is -2.27. The molecule has 2 aromatic carbocycles. The van der Waals surface area contributed by atoms with E-state index in [1.54, 1.807) is 11.1 Å². The molecule has 0 saturated heterocycles. The van der Waals surface area contributed by atoms with Gasteiger partial charge in [-0.15, -0.1) is 0 Å². The lowest BCUT2D eigenvalue weighted by atomic mass is 9.65. The molecule has 3 atom stereocenters. The molecule has 1 heteroatoms. The van der Waals surface area contributed by atoms with Crippen LogP contribution in [-0.2, 0) is 6.42 Å². The van der Waals surface area contributed by atoms with Gasteiger partial charge in [-0.2, -0.15) is 0 Å². The molecule has 0 bridgehead atoms. The van der Waals surface area contributed by atoms with Gasteiger partial charge in [0.15, 0.2) is 0 Å².